The van der Waals surface area contributed by atoms with Crippen LogP contribution in [0.1, 0.15) is 17.0 Å². The average Bonchev–Trinajstić information content (AvgIpc) is 2.46. The third-order valence-corrected chi connectivity index (χ3v) is 4.30. The molecular weight excluding hydrogens is 338 g/mol. The lowest BCUT2D eigenvalue weighted by Crippen LogP contribution is -2.16. The zero-order valence-electron chi connectivity index (χ0n) is 11.3. The molecule has 1 atom stereocenters. The van der Waals surface area contributed by atoms with Crippen LogP contribution >= 0.6 is 27.5 Å². The molecule has 0 aliphatic heterocycles. The van der Waals surface area contributed by atoms with E-state index in [4.69, 9.17) is 22.1 Å². The molecule has 2 N–H and O–H groups in total. The van der Waals surface area contributed by atoms with Gasteiger partial charge in [-0.05, 0) is 48.4 Å². The maximum Gasteiger partial charge on any atom is 0.122 e. The van der Waals surface area contributed by atoms with Crippen molar-refractivity contribution in [2.24, 2.45) is 5.73 Å². The Kier molecular flexibility index (Phi) is 5.46. The van der Waals surface area contributed by atoms with Gasteiger partial charge in [-0.2, -0.15) is 0 Å². The molecule has 2 nitrogen and oxygen atoms in total. The van der Waals surface area contributed by atoms with Gasteiger partial charge in [0.1, 0.15) is 5.75 Å². The molecule has 0 amide bonds. The summed E-state index contributed by atoms with van der Waals surface area (Å²) in [5.74, 6) is 1.07. The van der Waals surface area contributed by atoms with Crippen LogP contribution in [-0.2, 0) is 6.42 Å². The zero-order valence-corrected chi connectivity index (χ0v) is 13.6. The van der Waals surface area contributed by atoms with Crippen molar-refractivity contribution in [3.8, 4) is 5.75 Å². The Morgan fingerprint density at radius 3 is 2.65 bits per heavy atom. The van der Waals surface area contributed by atoms with Crippen LogP contribution < -0.4 is 10.5 Å². The first-order chi connectivity index (χ1) is 9.65. The summed E-state index contributed by atoms with van der Waals surface area (Å²) in [5, 5.41) is 0.712. The summed E-state index contributed by atoms with van der Waals surface area (Å²) in [7, 11) is 1.67. The Morgan fingerprint density at radius 1 is 1.25 bits per heavy atom. The molecule has 20 heavy (non-hydrogen) atoms. The van der Waals surface area contributed by atoms with Gasteiger partial charge in [-0.15, -0.1) is 0 Å². The number of hydrogen-bond donors (Lipinski definition) is 1. The largest absolute Gasteiger partial charge is 0.496 e. The van der Waals surface area contributed by atoms with E-state index in [1.807, 2.05) is 36.4 Å². The van der Waals surface area contributed by atoms with Crippen molar-refractivity contribution < 1.29 is 4.74 Å². The number of ether oxygens (including phenoxy) is 1. The second-order valence-corrected chi connectivity index (χ2v) is 5.91. The van der Waals surface area contributed by atoms with E-state index in [-0.39, 0.29) is 5.92 Å². The van der Waals surface area contributed by atoms with Gasteiger partial charge < -0.3 is 10.5 Å². The van der Waals surface area contributed by atoms with Crippen molar-refractivity contribution in [1.29, 1.82) is 0 Å². The molecule has 2 aromatic rings. The Morgan fingerprint density at radius 2 is 2.00 bits per heavy atom. The van der Waals surface area contributed by atoms with Gasteiger partial charge in [0, 0.05) is 15.4 Å². The van der Waals surface area contributed by atoms with Gasteiger partial charge in [-0.1, -0.05) is 45.7 Å². The number of hydrogen-bond acceptors (Lipinski definition) is 2. The molecule has 0 aliphatic rings. The summed E-state index contributed by atoms with van der Waals surface area (Å²) < 4.78 is 6.48. The smallest absolute Gasteiger partial charge is 0.122 e. The lowest BCUT2D eigenvalue weighted by molar-refractivity contribution is 0.408. The Labute approximate surface area is 133 Å². The molecular formula is C16H17BrClNO. The highest BCUT2D eigenvalue weighted by atomic mass is 79.9. The molecule has 1 unspecified atom stereocenters. The van der Waals surface area contributed by atoms with Crippen LogP contribution in [0.2, 0.25) is 5.02 Å². The van der Waals surface area contributed by atoms with E-state index in [0.29, 0.717) is 11.6 Å². The maximum atomic E-state index is 6.08. The van der Waals surface area contributed by atoms with Gasteiger partial charge in [-0.25, -0.2) is 0 Å². The lowest BCUT2D eigenvalue weighted by Gasteiger charge is -2.18. The van der Waals surface area contributed by atoms with Crippen LogP contribution in [0.25, 0.3) is 0 Å². The molecule has 0 radical (unpaired) electrons. The van der Waals surface area contributed by atoms with Gasteiger partial charge in [-0.3, -0.25) is 0 Å². The minimum absolute atomic E-state index is 0.220. The van der Waals surface area contributed by atoms with Gasteiger partial charge >= 0.3 is 0 Å². The summed E-state index contributed by atoms with van der Waals surface area (Å²) in [6.45, 7) is 0.568. The predicted molar refractivity (Wildman–Crippen MR) is 87.6 cm³/mol. The van der Waals surface area contributed by atoms with E-state index >= 15 is 0 Å². The van der Waals surface area contributed by atoms with Crippen molar-refractivity contribution >= 4 is 27.5 Å². The Balaban J connectivity index is 2.31. The average molecular weight is 355 g/mol. The number of rotatable bonds is 5. The first-order valence-corrected chi connectivity index (χ1v) is 7.59. The number of halogens is 2. The molecule has 0 aromatic heterocycles. The molecule has 2 rings (SSSR count). The van der Waals surface area contributed by atoms with Crippen LogP contribution in [0.15, 0.2) is 46.9 Å². The van der Waals surface area contributed by atoms with Crippen molar-refractivity contribution in [3.05, 3.63) is 63.1 Å². The van der Waals surface area contributed by atoms with Crippen molar-refractivity contribution in [1.82, 2.24) is 0 Å². The first-order valence-electron chi connectivity index (χ1n) is 6.42. The van der Waals surface area contributed by atoms with Crippen LogP contribution in [-0.4, -0.2) is 13.7 Å². The van der Waals surface area contributed by atoms with Crippen LogP contribution in [0.4, 0.5) is 0 Å². The normalized spacial score (nSPS) is 12.2. The third-order valence-electron chi connectivity index (χ3n) is 3.34. The number of nitrogens with two attached hydrogens (primary N) is 1. The first kappa shape index (κ1) is 15.4. The molecule has 0 saturated heterocycles. The van der Waals surface area contributed by atoms with E-state index in [1.165, 1.54) is 5.56 Å². The molecule has 106 valence electrons. The fraction of sp³-hybridized carbons (Fsp3) is 0.250. The zero-order chi connectivity index (χ0) is 14.5. The highest BCUT2D eigenvalue weighted by molar-refractivity contribution is 9.10. The number of benzene rings is 2. The van der Waals surface area contributed by atoms with Gasteiger partial charge in [0.2, 0.25) is 0 Å². The molecule has 0 aliphatic carbocycles. The molecule has 4 heteroatoms. The highest BCUT2D eigenvalue weighted by Crippen LogP contribution is 2.31. The summed E-state index contributed by atoms with van der Waals surface area (Å²) in [6, 6.07) is 13.8. The van der Waals surface area contributed by atoms with Gasteiger partial charge in [0.05, 0.1) is 7.11 Å². The van der Waals surface area contributed by atoms with Crippen molar-refractivity contribution in [2.45, 2.75) is 12.3 Å². The minimum atomic E-state index is 0.220. The Hall–Kier alpha value is -1.03. The van der Waals surface area contributed by atoms with E-state index in [1.54, 1.807) is 7.11 Å². The monoisotopic (exact) mass is 353 g/mol. The van der Waals surface area contributed by atoms with Crippen molar-refractivity contribution in [2.75, 3.05) is 13.7 Å². The van der Waals surface area contributed by atoms with E-state index in [2.05, 4.69) is 22.0 Å². The maximum absolute atomic E-state index is 6.08. The van der Waals surface area contributed by atoms with Crippen LogP contribution in [0.3, 0.4) is 0 Å². The van der Waals surface area contributed by atoms with Gasteiger partial charge in [0.15, 0.2) is 0 Å². The van der Waals surface area contributed by atoms with Gasteiger partial charge in [0.25, 0.3) is 0 Å². The second-order valence-electron chi connectivity index (χ2n) is 4.61. The lowest BCUT2D eigenvalue weighted by atomic mass is 9.91. The fourth-order valence-corrected chi connectivity index (χ4v) is 3.10. The quantitative estimate of drug-likeness (QED) is 0.864. The standard InChI is InChI=1S/C16H17BrClNO/c1-20-16-7-6-13(18)9-11(16)8-12(10-19)14-4-2-3-5-15(14)17/h2-7,9,12H,8,10,19H2,1H3. The molecule has 2 aromatic carbocycles. The fourth-order valence-electron chi connectivity index (χ4n) is 2.30. The molecule has 0 spiro atoms. The Bertz CT molecular complexity index is 588. The molecule has 0 saturated carbocycles. The van der Waals surface area contributed by atoms with Crippen molar-refractivity contribution in [3.63, 3.8) is 0 Å². The molecule has 0 bridgehead atoms. The predicted octanol–water partition coefficient (Wildman–Crippen LogP) is 4.40. The summed E-state index contributed by atoms with van der Waals surface area (Å²) in [4.78, 5) is 0. The van der Waals surface area contributed by atoms with E-state index in [0.717, 1.165) is 22.2 Å². The third kappa shape index (κ3) is 3.54. The summed E-state index contributed by atoms with van der Waals surface area (Å²) >= 11 is 9.67. The van der Waals surface area contributed by atoms with E-state index < -0.39 is 0 Å². The summed E-state index contributed by atoms with van der Waals surface area (Å²) in [5.41, 5.74) is 8.24. The summed E-state index contributed by atoms with van der Waals surface area (Å²) in [6.07, 6.45) is 0.794. The topological polar surface area (TPSA) is 35.2 Å². The minimum Gasteiger partial charge on any atom is -0.496 e. The van der Waals surface area contributed by atoms with Crippen LogP contribution in [0.5, 0.6) is 5.75 Å². The highest BCUT2D eigenvalue weighted by Gasteiger charge is 2.16. The van der Waals surface area contributed by atoms with E-state index in [9.17, 15) is 0 Å². The number of methoxy groups -OCH3 is 1. The SMILES string of the molecule is COc1ccc(Cl)cc1CC(CN)c1ccccc1Br. The van der Waals surface area contributed by atoms with Crippen LogP contribution in [0, 0.1) is 0 Å². The second kappa shape index (κ2) is 7.11. The molecule has 0 heterocycles. The molecule has 0 fully saturated rings.